The monoisotopic (exact) mass is 156 g/mol. The van der Waals surface area contributed by atoms with Gasteiger partial charge in [-0.2, -0.15) is 0 Å². The zero-order valence-electron chi connectivity index (χ0n) is 7.64. The van der Waals surface area contributed by atoms with E-state index in [0.29, 0.717) is 0 Å². The topological polar surface area (TPSA) is 37.3 Å². The lowest BCUT2D eigenvalue weighted by molar-refractivity contribution is -0.132. The summed E-state index contributed by atoms with van der Waals surface area (Å²) < 4.78 is 0. The number of carboxylic acid groups (broad SMARTS) is 1. The number of hydrogen-bond acceptors (Lipinski definition) is 1. The average molecular weight is 156 g/mol. The number of carbonyl (C=O) groups is 1. The Morgan fingerprint density at radius 1 is 1.36 bits per heavy atom. The molecule has 0 aromatic rings. The molecule has 0 saturated carbocycles. The van der Waals surface area contributed by atoms with Crippen molar-refractivity contribution in [2.24, 2.45) is 0 Å². The Hall–Kier alpha value is -1.05. The number of carboxylic acids is 1. The second-order valence-corrected chi connectivity index (χ2v) is 2.45. The highest BCUT2D eigenvalue weighted by atomic mass is 16.4. The van der Waals surface area contributed by atoms with Gasteiger partial charge in [-0.15, -0.1) is 0 Å². The molecule has 2 nitrogen and oxygen atoms in total. The van der Waals surface area contributed by atoms with Crippen molar-refractivity contribution in [2.75, 3.05) is 0 Å². The van der Waals surface area contributed by atoms with Crippen molar-refractivity contribution >= 4 is 5.97 Å². The van der Waals surface area contributed by atoms with Gasteiger partial charge < -0.3 is 5.11 Å². The number of aliphatic carboxylic acids is 1. The highest BCUT2D eigenvalue weighted by Gasteiger charge is 1.90. The van der Waals surface area contributed by atoms with Crippen LogP contribution in [0.3, 0.4) is 0 Å². The molecule has 0 amide bonds. The van der Waals surface area contributed by atoms with Crippen LogP contribution < -0.4 is 0 Å². The first-order valence-corrected chi connectivity index (χ1v) is 3.40. The lowest BCUT2D eigenvalue weighted by Gasteiger charge is -1.79. The predicted molar refractivity (Wildman–Crippen MR) is 47.6 cm³/mol. The van der Waals surface area contributed by atoms with E-state index in [9.17, 15) is 4.79 Å². The minimum atomic E-state index is -0.935. The second-order valence-electron chi connectivity index (χ2n) is 2.45. The van der Waals surface area contributed by atoms with Gasteiger partial charge in [0.1, 0.15) is 0 Å². The zero-order valence-corrected chi connectivity index (χ0v) is 7.64. The van der Waals surface area contributed by atoms with E-state index in [2.05, 4.69) is 26.5 Å². The zero-order chi connectivity index (χ0) is 9.44. The molecule has 0 aromatic heterocycles. The van der Waals surface area contributed by atoms with Gasteiger partial charge in [0.05, 0.1) is 0 Å². The van der Waals surface area contributed by atoms with Crippen molar-refractivity contribution < 1.29 is 9.90 Å². The van der Waals surface area contributed by atoms with Crippen LogP contribution in [0.4, 0.5) is 0 Å². The summed E-state index contributed by atoms with van der Waals surface area (Å²) in [6.07, 6.45) is 2.08. The lowest BCUT2D eigenvalue weighted by Crippen LogP contribution is -1.92. The molecule has 0 aliphatic rings. The van der Waals surface area contributed by atoms with E-state index in [1.54, 1.807) is 0 Å². The van der Waals surface area contributed by atoms with Crippen LogP contribution in [-0.4, -0.2) is 11.1 Å². The van der Waals surface area contributed by atoms with Gasteiger partial charge in [-0.1, -0.05) is 18.2 Å². The molecule has 0 aliphatic heterocycles. The SMILES string of the molecule is C=C(C)C(=O)O.CC=C(C)C. The molecule has 0 rings (SSSR count). The van der Waals surface area contributed by atoms with E-state index in [-0.39, 0.29) is 5.57 Å². The van der Waals surface area contributed by atoms with Crippen molar-refractivity contribution in [1.29, 1.82) is 0 Å². The van der Waals surface area contributed by atoms with Gasteiger partial charge in [-0.25, -0.2) is 4.79 Å². The Balaban J connectivity index is 0. The minimum Gasteiger partial charge on any atom is -0.478 e. The molecular weight excluding hydrogens is 140 g/mol. The Labute approximate surface area is 68.2 Å². The maximum absolute atomic E-state index is 9.60. The fourth-order valence-corrected chi connectivity index (χ4v) is 0. The fourth-order valence-electron chi connectivity index (χ4n) is 0. The van der Waals surface area contributed by atoms with Gasteiger partial charge in [0.15, 0.2) is 0 Å². The normalized spacial score (nSPS) is 7.27. The van der Waals surface area contributed by atoms with E-state index in [0.717, 1.165) is 0 Å². The summed E-state index contributed by atoms with van der Waals surface area (Å²) in [4.78, 5) is 9.60. The van der Waals surface area contributed by atoms with Gasteiger partial charge in [-0.05, 0) is 27.7 Å². The van der Waals surface area contributed by atoms with Crippen LogP contribution in [0.5, 0.6) is 0 Å². The van der Waals surface area contributed by atoms with E-state index < -0.39 is 5.97 Å². The maximum atomic E-state index is 9.60. The molecule has 0 aliphatic carbocycles. The van der Waals surface area contributed by atoms with Crippen molar-refractivity contribution in [3.05, 3.63) is 23.8 Å². The van der Waals surface area contributed by atoms with Crippen LogP contribution in [-0.2, 0) is 4.79 Å². The standard InChI is InChI=1S/C5H10.C4H6O2/c1-4-5(2)3;1-3(2)4(5)6/h4H,1-3H3;1H2,2H3,(H,5,6). The summed E-state index contributed by atoms with van der Waals surface area (Å²) in [6, 6.07) is 0. The first-order valence-electron chi connectivity index (χ1n) is 3.40. The molecule has 0 atom stereocenters. The molecule has 0 radical (unpaired) electrons. The molecule has 11 heavy (non-hydrogen) atoms. The Kier molecular flexibility index (Phi) is 8.10. The maximum Gasteiger partial charge on any atom is 0.330 e. The third-order valence-corrected chi connectivity index (χ3v) is 0.942. The molecule has 0 spiro atoms. The molecule has 0 fully saturated rings. The second kappa shape index (κ2) is 7.06. The van der Waals surface area contributed by atoms with E-state index >= 15 is 0 Å². The molecule has 0 unspecified atom stereocenters. The predicted octanol–water partition coefficient (Wildman–Crippen LogP) is 2.62. The van der Waals surface area contributed by atoms with Crippen LogP contribution in [0.15, 0.2) is 23.8 Å². The summed E-state index contributed by atoms with van der Waals surface area (Å²) >= 11 is 0. The molecule has 0 aromatic carbocycles. The van der Waals surface area contributed by atoms with Gasteiger partial charge in [0, 0.05) is 5.57 Å². The van der Waals surface area contributed by atoms with Gasteiger partial charge in [-0.3, -0.25) is 0 Å². The molecule has 2 heteroatoms. The summed E-state index contributed by atoms with van der Waals surface area (Å²) in [7, 11) is 0. The van der Waals surface area contributed by atoms with Crippen LogP contribution in [0, 0.1) is 0 Å². The van der Waals surface area contributed by atoms with Gasteiger partial charge in [0.25, 0.3) is 0 Å². The summed E-state index contributed by atoms with van der Waals surface area (Å²) in [5, 5.41) is 7.89. The largest absolute Gasteiger partial charge is 0.478 e. The summed E-state index contributed by atoms with van der Waals surface area (Å²) in [6.45, 7) is 10.8. The van der Waals surface area contributed by atoms with Gasteiger partial charge >= 0.3 is 5.97 Å². The molecule has 0 saturated heterocycles. The highest BCUT2D eigenvalue weighted by molar-refractivity contribution is 5.84. The van der Waals surface area contributed by atoms with Crippen molar-refractivity contribution in [3.63, 3.8) is 0 Å². The molecule has 1 N–H and O–H groups in total. The molecule has 64 valence electrons. The Bertz CT molecular complexity index is 150. The molecule has 0 heterocycles. The fraction of sp³-hybridized carbons (Fsp3) is 0.444. The van der Waals surface area contributed by atoms with Crippen molar-refractivity contribution in [1.82, 2.24) is 0 Å². The summed E-state index contributed by atoms with van der Waals surface area (Å²) in [5.41, 5.74) is 1.56. The van der Waals surface area contributed by atoms with E-state index in [1.165, 1.54) is 12.5 Å². The Morgan fingerprint density at radius 3 is 1.55 bits per heavy atom. The van der Waals surface area contributed by atoms with E-state index in [4.69, 9.17) is 5.11 Å². The number of rotatable bonds is 1. The third-order valence-electron chi connectivity index (χ3n) is 0.942. The average Bonchev–Trinajstić information content (AvgIpc) is 1.89. The van der Waals surface area contributed by atoms with Gasteiger partial charge in [0.2, 0.25) is 0 Å². The van der Waals surface area contributed by atoms with Crippen molar-refractivity contribution in [3.8, 4) is 0 Å². The smallest absolute Gasteiger partial charge is 0.330 e. The molecule has 0 bridgehead atoms. The lowest BCUT2D eigenvalue weighted by atomic mass is 10.3. The third kappa shape index (κ3) is 17.6. The summed E-state index contributed by atoms with van der Waals surface area (Å²) in [5.74, 6) is -0.935. The Morgan fingerprint density at radius 2 is 1.55 bits per heavy atom. The van der Waals surface area contributed by atoms with Crippen LogP contribution in [0.1, 0.15) is 27.7 Å². The number of allylic oxidation sites excluding steroid dienone is 2. The number of hydrogen-bond donors (Lipinski definition) is 1. The first-order chi connectivity index (χ1) is 4.91. The van der Waals surface area contributed by atoms with Crippen LogP contribution in [0.25, 0.3) is 0 Å². The first kappa shape index (κ1) is 12.6. The molecular formula is C9H16O2. The van der Waals surface area contributed by atoms with Crippen LogP contribution >= 0.6 is 0 Å². The quantitative estimate of drug-likeness (QED) is 0.468. The minimum absolute atomic E-state index is 0.176. The highest BCUT2D eigenvalue weighted by Crippen LogP contribution is 1.82. The van der Waals surface area contributed by atoms with E-state index in [1.807, 2.05) is 6.92 Å². The van der Waals surface area contributed by atoms with Crippen molar-refractivity contribution in [2.45, 2.75) is 27.7 Å². The van der Waals surface area contributed by atoms with Crippen LogP contribution in [0.2, 0.25) is 0 Å².